The van der Waals surface area contributed by atoms with Gasteiger partial charge >= 0.3 is 0 Å². The molecule has 0 aromatic carbocycles. The average Bonchev–Trinajstić information content (AvgIpc) is 3.00. The van der Waals surface area contributed by atoms with Gasteiger partial charge in [-0.15, -0.1) is 11.3 Å². The molecule has 2 heterocycles. The molecule has 0 saturated heterocycles. The summed E-state index contributed by atoms with van der Waals surface area (Å²) in [5.41, 5.74) is 2.61. The molecule has 2 aromatic heterocycles. The predicted molar refractivity (Wildman–Crippen MR) is 91.4 cm³/mol. The maximum absolute atomic E-state index is 4.60. The molecule has 112 valence electrons. The first-order chi connectivity index (χ1) is 10.3. The highest BCUT2D eigenvalue weighted by Gasteiger charge is 2.21. The van der Waals surface area contributed by atoms with E-state index in [2.05, 4.69) is 52.6 Å². The van der Waals surface area contributed by atoms with Gasteiger partial charge in [0.15, 0.2) is 0 Å². The summed E-state index contributed by atoms with van der Waals surface area (Å²) in [6.45, 7) is 6.32. The van der Waals surface area contributed by atoms with E-state index in [9.17, 15) is 0 Å². The Labute approximate surface area is 131 Å². The number of rotatable bonds is 5. The summed E-state index contributed by atoms with van der Waals surface area (Å²) in [4.78, 5) is 8.41. The van der Waals surface area contributed by atoms with Crippen LogP contribution in [0, 0.1) is 0 Å². The Morgan fingerprint density at radius 3 is 2.86 bits per heavy atom. The van der Waals surface area contributed by atoms with Crippen LogP contribution < -0.4 is 10.2 Å². The van der Waals surface area contributed by atoms with E-state index >= 15 is 0 Å². The van der Waals surface area contributed by atoms with E-state index in [0.717, 1.165) is 24.6 Å². The maximum atomic E-state index is 4.60. The lowest BCUT2D eigenvalue weighted by Gasteiger charge is -2.25. The topological polar surface area (TPSA) is 28.2 Å². The molecule has 1 unspecified atom stereocenters. The standard InChI is InChI=1S/C17H23N3S/c1-3-20(4-2)17-9-8-13(12-18-17)19-15-6-5-7-16-14(15)10-11-21-16/h8-12,15,19H,3-7H2,1-2H3. The van der Waals surface area contributed by atoms with Crippen molar-refractivity contribution in [2.24, 2.45) is 0 Å². The zero-order valence-electron chi connectivity index (χ0n) is 12.8. The van der Waals surface area contributed by atoms with E-state index in [-0.39, 0.29) is 0 Å². The zero-order chi connectivity index (χ0) is 14.7. The number of aromatic nitrogens is 1. The number of pyridine rings is 1. The van der Waals surface area contributed by atoms with E-state index in [1.54, 1.807) is 4.88 Å². The minimum Gasteiger partial charge on any atom is -0.377 e. The van der Waals surface area contributed by atoms with Gasteiger partial charge in [0, 0.05) is 18.0 Å². The van der Waals surface area contributed by atoms with Gasteiger partial charge in [-0.05, 0) is 62.3 Å². The van der Waals surface area contributed by atoms with Crippen molar-refractivity contribution < 1.29 is 0 Å². The summed E-state index contributed by atoms with van der Waals surface area (Å²) in [6, 6.07) is 6.99. The molecule has 3 rings (SSSR count). The van der Waals surface area contributed by atoms with Crippen molar-refractivity contribution in [3.05, 3.63) is 40.2 Å². The Morgan fingerprint density at radius 1 is 1.29 bits per heavy atom. The molecule has 1 aliphatic rings. The third-order valence-electron chi connectivity index (χ3n) is 4.23. The van der Waals surface area contributed by atoms with E-state index in [1.165, 1.54) is 24.8 Å². The molecule has 2 aromatic rings. The Hall–Kier alpha value is -1.55. The molecule has 0 saturated carbocycles. The number of nitrogens with one attached hydrogen (secondary N) is 1. The molecular formula is C17H23N3S. The number of hydrogen-bond donors (Lipinski definition) is 1. The van der Waals surface area contributed by atoms with Gasteiger partial charge in [0.25, 0.3) is 0 Å². The fourth-order valence-corrected chi connectivity index (χ4v) is 4.03. The highest BCUT2D eigenvalue weighted by atomic mass is 32.1. The Morgan fingerprint density at radius 2 is 2.14 bits per heavy atom. The van der Waals surface area contributed by atoms with E-state index < -0.39 is 0 Å². The summed E-state index contributed by atoms with van der Waals surface area (Å²) in [5, 5.41) is 5.87. The van der Waals surface area contributed by atoms with Crippen LogP contribution in [-0.2, 0) is 6.42 Å². The second-order valence-corrected chi connectivity index (χ2v) is 6.47. The lowest BCUT2D eigenvalue weighted by Crippen LogP contribution is -2.23. The van der Waals surface area contributed by atoms with Crippen molar-refractivity contribution >= 4 is 22.8 Å². The number of hydrogen-bond acceptors (Lipinski definition) is 4. The molecular weight excluding hydrogens is 278 g/mol. The molecule has 0 amide bonds. The van der Waals surface area contributed by atoms with Crippen molar-refractivity contribution in [1.29, 1.82) is 0 Å². The minimum atomic E-state index is 0.445. The highest BCUT2D eigenvalue weighted by molar-refractivity contribution is 7.10. The third kappa shape index (κ3) is 3.05. The first kappa shape index (κ1) is 14.4. The van der Waals surface area contributed by atoms with Gasteiger partial charge in [0.2, 0.25) is 0 Å². The van der Waals surface area contributed by atoms with Crippen LogP contribution in [0.15, 0.2) is 29.8 Å². The van der Waals surface area contributed by atoms with Crippen molar-refractivity contribution in [1.82, 2.24) is 4.98 Å². The highest BCUT2D eigenvalue weighted by Crippen LogP contribution is 2.35. The lowest BCUT2D eigenvalue weighted by molar-refractivity contribution is 0.608. The molecule has 0 spiro atoms. The number of fused-ring (bicyclic) bond motifs is 1. The van der Waals surface area contributed by atoms with Gasteiger partial charge in [-0.25, -0.2) is 4.98 Å². The van der Waals surface area contributed by atoms with Crippen LogP contribution in [0.5, 0.6) is 0 Å². The van der Waals surface area contributed by atoms with E-state index in [1.807, 2.05) is 17.5 Å². The molecule has 21 heavy (non-hydrogen) atoms. The monoisotopic (exact) mass is 301 g/mol. The molecule has 3 nitrogen and oxygen atoms in total. The van der Waals surface area contributed by atoms with Gasteiger partial charge in [0.05, 0.1) is 17.9 Å². The predicted octanol–water partition coefficient (Wildman–Crippen LogP) is 4.48. The molecule has 4 heteroatoms. The smallest absolute Gasteiger partial charge is 0.128 e. The zero-order valence-corrected chi connectivity index (χ0v) is 13.6. The third-order valence-corrected chi connectivity index (χ3v) is 5.22. The van der Waals surface area contributed by atoms with E-state index in [4.69, 9.17) is 0 Å². The van der Waals surface area contributed by atoms with Crippen molar-refractivity contribution in [2.45, 2.75) is 39.2 Å². The normalized spacial score (nSPS) is 17.3. The second-order valence-electron chi connectivity index (χ2n) is 5.47. The van der Waals surface area contributed by atoms with Crippen LogP contribution in [0.1, 0.15) is 43.2 Å². The summed E-state index contributed by atoms with van der Waals surface area (Å²) in [5.74, 6) is 1.06. The van der Waals surface area contributed by atoms with Gasteiger partial charge in [0.1, 0.15) is 5.82 Å². The van der Waals surface area contributed by atoms with Crippen molar-refractivity contribution in [3.63, 3.8) is 0 Å². The lowest BCUT2D eigenvalue weighted by atomic mass is 9.94. The fourth-order valence-electron chi connectivity index (χ4n) is 3.04. The SMILES string of the molecule is CCN(CC)c1ccc(NC2CCCc3sccc32)cn1. The quantitative estimate of drug-likeness (QED) is 0.882. The molecule has 1 aliphatic carbocycles. The minimum absolute atomic E-state index is 0.445. The summed E-state index contributed by atoms with van der Waals surface area (Å²) < 4.78 is 0. The number of anilines is 2. The summed E-state index contributed by atoms with van der Waals surface area (Å²) in [7, 11) is 0. The van der Waals surface area contributed by atoms with Crippen LogP contribution in [0.25, 0.3) is 0 Å². The molecule has 1 atom stereocenters. The summed E-state index contributed by atoms with van der Waals surface area (Å²) >= 11 is 1.89. The second kappa shape index (κ2) is 6.48. The van der Waals surface area contributed by atoms with Crippen LogP contribution in [-0.4, -0.2) is 18.1 Å². The first-order valence-electron chi connectivity index (χ1n) is 7.85. The van der Waals surface area contributed by atoms with Crippen molar-refractivity contribution in [3.8, 4) is 0 Å². The molecule has 0 fully saturated rings. The largest absolute Gasteiger partial charge is 0.377 e. The summed E-state index contributed by atoms with van der Waals surface area (Å²) in [6.07, 6.45) is 5.69. The van der Waals surface area contributed by atoms with Crippen LogP contribution in [0.4, 0.5) is 11.5 Å². The van der Waals surface area contributed by atoms with Gasteiger partial charge < -0.3 is 10.2 Å². The average molecular weight is 301 g/mol. The number of thiophene rings is 1. The van der Waals surface area contributed by atoms with Gasteiger partial charge in [-0.1, -0.05) is 0 Å². The van der Waals surface area contributed by atoms with Crippen molar-refractivity contribution in [2.75, 3.05) is 23.3 Å². The van der Waals surface area contributed by atoms with Crippen LogP contribution in [0.3, 0.4) is 0 Å². The molecule has 0 bridgehead atoms. The van der Waals surface area contributed by atoms with Gasteiger partial charge in [-0.2, -0.15) is 0 Å². The van der Waals surface area contributed by atoms with E-state index in [0.29, 0.717) is 6.04 Å². The molecule has 1 N–H and O–H groups in total. The maximum Gasteiger partial charge on any atom is 0.128 e. The first-order valence-corrected chi connectivity index (χ1v) is 8.73. The number of nitrogens with zero attached hydrogens (tertiary/aromatic N) is 2. The Balaban J connectivity index is 1.72. The van der Waals surface area contributed by atoms with Crippen LogP contribution in [0.2, 0.25) is 0 Å². The number of aryl methyl sites for hydroxylation is 1. The van der Waals surface area contributed by atoms with Gasteiger partial charge in [-0.3, -0.25) is 0 Å². The molecule has 0 aliphatic heterocycles. The Kier molecular flexibility index (Phi) is 4.44. The van der Waals surface area contributed by atoms with Crippen LogP contribution >= 0.6 is 11.3 Å². The fraction of sp³-hybridized carbons (Fsp3) is 0.471. The molecule has 0 radical (unpaired) electrons. The Bertz CT molecular complexity index is 572.